The van der Waals surface area contributed by atoms with Gasteiger partial charge in [-0.3, -0.25) is 4.79 Å². The Bertz CT molecular complexity index is 465. The van der Waals surface area contributed by atoms with Crippen LogP contribution in [0.5, 0.6) is 0 Å². The molecule has 0 aromatic carbocycles. The van der Waals surface area contributed by atoms with Gasteiger partial charge in [-0.05, 0) is 20.0 Å². The predicted octanol–water partition coefficient (Wildman–Crippen LogP) is 1.49. The Hall–Kier alpha value is -1.42. The molecule has 1 amide bonds. The van der Waals surface area contributed by atoms with Crippen LogP contribution in [0.25, 0.3) is 0 Å². The maximum atomic E-state index is 12.5. The van der Waals surface area contributed by atoms with Crippen LogP contribution in [0.3, 0.4) is 0 Å². The predicted molar refractivity (Wildman–Crippen MR) is 83.6 cm³/mol. The molecule has 21 heavy (non-hydrogen) atoms. The van der Waals surface area contributed by atoms with Gasteiger partial charge in [0.2, 0.25) is 5.91 Å². The fraction of sp³-hybridized carbons (Fsp3) is 0.647. The Balaban J connectivity index is 2.10. The lowest BCUT2D eigenvalue weighted by Crippen LogP contribution is -2.40. The first-order chi connectivity index (χ1) is 9.95. The summed E-state index contributed by atoms with van der Waals surface area (Å²) >= 11 is 0. The van der Waals surface area contributed by atoms with Crippen LogP contribution >= 0.6 is 0 Å². The van der Waals surface area contributed by atoms with Crippen LogP contribution in [-0.4, -0.2) is 44.3 Å². The molecule has 0 radical (unpaired) electrons. The van der Waals surface area contributed by atoms with Crippen LogP contribution < -0.4 is 5.32 Å². The molecular formula is C17H26N2O2. The van der Waals surface area contributed by atoms with E-state index in [1.165, 1.54) is 5.57 Å². The second-order valence-electron chi connectivity index (χ2n) is 6.68. The standard InChI is InChI=1S/C17H26N2O2/c1-11(2)9-14-12-5-6-13(14)16(15(12)10-20)17(21)18-7-8-19(3)4/h5-6,9-13,15-16H,7-8H2,1-4H3,(H,18,21). The van der Waals surface area contributed by atoms with E-state index in [1.807, 2.05) is 19.0 Å². The highest BCUT2D eigenvalue weighted by molar-refractivity contribution is 5.85. The average Bonchev–Trinajstić information content (AvgIpc) is 2.92. The molecule has 0 spiro atoms. The monoisotopic (exact) mass is 290 g/mol. The molecule has 0 aromatic rings. The van der Waals surface area contributed by atoms with E-state index in [2.05, 4.69) is 37.4 Å². The zero-order valence-corrected chi connectivity index (χ0v) is 13.4. The minimum absolute atomic E-state index is 0.0143. The highest BCUT2D eigenvalue weighted by Gasteiger charge is 2.51. The van der Waals surface area contributed by atoms with E-state index < -0.39 is 0 Å². The summed E-state index contributed by atoms with van der Waals surface area (Å²) in [6, 6.07) is 0. The number of carbonyl (C=O) groups is 2. The van der Waals surface area contributed by atoms with Crippen molar-refractivity contribution in [2.24, 2.45) is 29.6 Å². The number of hydrogen-bond acceptors (Lipinski definition) is 3. The number of rotatable bonds is 6. The number of amides is 1. The maximum absolute atomic E-state index is 12.5. The second-order valence-corrected chi connectivity index (χ2v) is 6.68. The summed E-state index contributed by atoms with van der Waals surface area (Å²) in [6.45, 7) is 5.70. The summed E-state index contributed by atoms with van der Waals surface area (Å²) in [6.07, 6.45) is 7.40. The van der Waals surface area contributed by atoms with Gasteiger partial charge >= 0.3 is 0 Å². The fourth-order valence-electron chi connectivity index (χ4n) is 3.46. The molecule has 4 nitrogen and oxygen atoms in total. The maximum Gasteiger partial charge on any atom is 0.224 e. The summed E-state index contributed by atoms with van der Waals surface area (Å²) < 4.78 is 0. The molecule has 2 rings (SSSR count). The third-order valence-corrected chi connectivity index (χ3v) is 4.36. The van der Waals surface area contributed by atoms with Crippen molar-refractivity contribution in [3.8, 4) is 0 Å². The van der Waals surface area contributed by atoms with Crippen molar-refractivity contribution >= 4 is 12.2 Å². The number of fused-ring (bicyclic) bond motifs is 2. The van der Waals surface area contributed by atoms with Gasteiger partial charge in [0, 0.05) is 30.8 Å². The zero-order valence-electron chi connectivity index (χ0n) is 13.4. The van der Waals surface area contributed by atoms with E-state index in [-0.39, 0.29) is 29.6 Å². The Kier molecular flexibility index (Phi) is 4.99. The Morgan fingerprint density at radius 3 is 2.57 bits per heavy atom. The van der Waals surface area contributed by atoms with E-state index in [1.54, 1.807) is 0 Å². The molecule has 1 fully saturated rings. The Labute approximate surface area is 127 Å². The van der Waals surface area contributed by atoms with E-state index >= 15 is 0 Å². The highest BCUT2D eigenvalue weighted by atomic mass is 16.2. The lowest BCUT2D eigenvalue weighted by atomic mass is 9.83. The number of nitrogens with one attached hydrogen (secondary N) is 1. The van der Waals surface area contributed by atoms with Crippen molar-refractivity contribution in [2.45, 2.75) is 13.8 Å². The SMILES string of the molecule is CC(C)C=C1C2C=CC1C(C(=O)NCCN(C)C)C2C=O. The third kappa shape index (κ3) is 3.26. The van der Waals surface area contributed by atoms with Gasteiger partial charge < -0.3 is 15.0 Å². The molecule has 2 aliphatic carbocycles. The quantitative estimate of drug-likeness (QED) is 0.596. The van der Waals surface area contributed by atoms with Crippen LogP contribution in [0.1, 0.15) is 13.8 Å². The molecule has 1 saturated carbocycles. The lowest BCUT2D eigenvalue weighted by Gasteiger charge is -2.22. The van der Waals surface area contributed by atoms with Crippen molar-refractivity contribution in [3.05, 3.63) is 23.8 Å². The molecule has 4 heteroatoms. The van der Waals surface area contributed by atoms with Gasteiger partial charge in [0.05, 0.1) is 5.92 Å². The number of likely N-dealkylation sites (N-methyl/N-ethyl adjacent to an activating group) is 1. The van der Waals surface area contributed by atoms with E-state index in [9.17, 15) is 9.59 Å². The van der Waals surface area contributed by atoms with Gasteiger partial charge in [0.15, 0.2) is 0 Å². The molecule has 116 valence electrons. The van der Waals surface area contributed by atoms with Gasteiger partial charge in [0.1, 0.15) is 6.29 Å². The molecule has 4 atom stereocenters. The van der Waals surface area contributed by atoms with Crippen molar-refractivity contribution < 1.29 is 9.59 Å². The Morgan fingerprint density at radius 1 is 1.33 bits per heavy atom. The molecule has 2 bridgehead atoms. The normalized spacial score (nSPS) is 32.4. The van der Waals surface area contributed by atoms with Gasteiger partial charge in [0.25, 0.3) is 0 Å². The lowest BCUT2D eigenvalue weighted by molar-refractivity contribution is -0.130. The van der Waals surface area contributed by atoms with Crippen molar-refractivity contribution in [2.75, 3.05) is 27.2 Å². The first kappa shape index (κ1) is 16.0. The van der Waals surface area contributed by atoms with Crippen molar-refractivity contribution in [1.29, 1.82) is 0 Å². The Morgan fingerprint density at radius 2 is 2.00 bits per heavy atom. The third-order valence-electron chi connectivity index (χ3n) is 4.36. The summed E-state index contributed by atoms with van der Waals surface area (Å²) in [5.74, 6) is 0.244. The highest BCUT2D eigenvalue weighted by Crippen LogP contribution is 2.51. The molecule has 2 aliphatic rings. The van der Waals surface area contributed by atoms with Gasteiger partial charge in [-0.1, -0.05) is 37.6 Å². The van der Waals surface area contributed by atoms with Crippen molar-refractivity contribution in [3.63, 3.8) is 0 Å². The summed E-state index contributed by atoms with van der Waals surface area (Å²) in [5, 5.41) is 2.98. The van der Waals surface area contributed by atoms with E-state index in [4.69, 9.17) is 0 Å². The van der Waals surface area contributed by atoms with Gasteiger partial charge in [-0.25, -0.2) is 0 Å². The number of allylic oxidation sites excluding steroid dienone is 4. The summed E-state index contributed by atoms with van der Waals surface area (Å²) in [5.41, 5.74) is 1.26. The molecule has 0 aromatic heterocycles. The smallest absolute Gasteiger partial charge is 0.224 e. The van der Waals surface area contributed by atoms with E-state index in [0.717, 1.165) is 12.8 Å². The summed E-state index contributed by atoms with van der Waals surface area (Å²) in [7, 11) is 3.95. The fourth-order valence-corrected chi connectivity index (χ4v) is 3.46. The summed E-state index contributed by atoms with van der Waals surface area (Å²) in [4.78, 5) is 26.0. The molecular weight excluding hydrogens is 264 g/mol. The van der Waals surface area contributed by atoms with Gasteiger partial charge in [-0.15, -0.1) is 0 Å². The van der Waals surface area contributed by atoms with Gasteiger partial charge in [-0.2, -0.15) is 0 Å². The molecule has 1 N–H and O–H groups in total. The minimum Gasteiger partial charge on any atom is -0.355 e. The molecule has 4 unspecified atom stereocenters. The first-order valence-electron chi connectivity index (χ1n) is 7.73. The molecule has 0 heterocycles. The second kappa shape index (κ2) is 6.56. The average molecular weight is 290 g/mol. The number of nitrogens with zero attached hydrogens (tertiary/aromatic N) is 1. The van der Waals surface area contributed by atoms with Crippen LogP contribution in [0.2, 0.25) is 0 Å². The number of aldehydes is 1. The zero-order chi connectivity index (χ0) is 15.6. The van der Waals surface area contributed by atoms with E-state index in [0.29, 0.717) is 12.5 Å². The molecule has 0 saturated heterocycles. The minimum atomic E-state index is -0.232. The largest absolute Gasteiger partial charge is 0.355 e. The first-order valence-corrected chi connectivity index (χ1v) is 7.73. The van der Waals surface area contributed by atoms with Crippen LogP contribution in [-0.2, 0) is 9.59 Å². The molecule has 0 aliphatic heterocycles. The van der Waals surface area contributed by atoms with Crippen LogP contribution in [0.4, 0.5) is 0 Å². The number of carbonyl (C=O) groups excluding carboxylic acids is 2. The van der Waals surface area contributed by atoms with Crippen LogP contribution in [0, 0.1) is 29.6 Å². The van der Waals surface area contributed by atoms with Crippen molar-refractivity contribution in [1.82, 2.24) is 10.2 Å². The van der Waals surface area contributed by atoms with Crippen LogP contribution in [0.15, 0.2) is 23.8 Å². The number of hydrogen-bond donors (Lipinski definition) is 1. The topological polar surface area (TPSA) is 49.4 Å².